The highest BCUT2D eigenvalue weighted by atomic mass is 32.2. The van der Waals surface area contributed by atoms with Crippen molar-refractivity contribution in [1.29, 1.82) is 0 Å². The van der Waals surface area contributed by atoms with Crippen molar-refractivity contribution in [3.8, 4) is 5.75 Å². The number of rotatable bonds is 10. The molecule has 0 spiro atoms. The van der Waals surface area contributed by atoms with Crippen molar-refractivity contribution >= 4 is 29.5 Å². The van der Waals surface area contributed by atoms with E-state index in [2.05, 4.69) is 10.6 Å². The highest BCUT2D eigenvalue weighted by Gasteiger charge is 2.49. The summed E-state index contributed by atoms with van der Waals surface area (Å²) >= 11 is 1.42. The predicted octanol–water partition coefficient (Wildman–Crippen LogP) is 1.75. The fourth-order valence-electron chi connectivity index (χ4n) is 4.39. The number of benzene rings is 2. The van der Waals surface area contributed by atoms with Crippen molar-refractivity contribution in [2.75, 3.05) is 19.0 Å². The molecule has 0 aliphatic carbocycles. The second-order valence-corrected chi connectivity index (χ2v) is 11.2. The number of carbonyl (C=O) groups is 3. The Balaban J connectivity index is 1.85. The van der Waals surface area contributed by atoms with Gasteiger partial charge in [-0.3, -0.25) is 14.4 Å². The third-order valence-electron chi connectivity index (χ3n) is 6.54. The summed E-state index contributed by atoms with van der Waals surface area (Å²) in [7, 11) is 0. The average molecular weight is 542 g/mol. The van der Waals surface area contributed by atoms with E-state index in [4.69, 9.17) is 5.11 Å². The number of phenolic OH excluding ortho intramolecular Hbond substituents is 1. The first-order chi connectivity index (χ1) is 18.1. The summed E-state index contributed by atoms with van der Waals surface area (Å²) in [5.74, 6) is -1.41. The molecule has 1 aliphatic rings. The van der Waals surface area contributed by atoms with E-state index in [0.29, 0.717) is 5.56 Å². The number of aromatic hydroxyl groups is 1. The van der Waals surface area contributed by atoms with Gasteiger partial charge in [0.05, 0.1) is 18.5 Å². The minimum Gasteiger partial charge on any atom is -0.508 e. The first kappa shape index (κ1) is 29.2. The van der Waals surface area contributed by atoms with E-state index in [0.717, 1.165) is 5.56 Å². The molecule has 0 bridgehead atoms. The lowest BCUT2D eigenvalue weighted by atomic mass is 9.96. The number of amides is 3. The summed E-state index contributed by atoms with van der Waals surface area (Å²) in [6.07, 6.45) is 1.66. The molecule has 1 fully saturated rings. The number of phenols is 1. The summed E-state index contributed by atoms with van der Waals surface area (Å²) in [4.78, 5) is 41.2. The zero-order valence-electron chi connectivity index (χ0n) is 21.8. The van der Waals surface area contributed by atoms with Crippen LogP contribution in [0, 0.1) is 6.92 Å². The average Bonchev–Trinajstić information content (AvgIpc) is 3.22. The molecule has 2 aromatic carbocycles. The van der Waals surface area contributed by atoms with E-state index < -0.39 is 34.7 Å². The van der Waals surface area contributed by atoms with Gasteiger partial charge in [0.15, 0.2) is 6.10 Å². The van der Waals surface area contributed by atoms with Crippen LogP contribution in [-0.2, 0) is 16.0 Å². The fourth-order valence-corrected chi connectivity index (χ4v) is 5.53. The van der Waals surface area contributed by atoms with Crippen LogP contribution in [0.2, 0.25) is 0 Å². The highest BCUT2D eigenvalue weighted by molar-refractivity contribution is 8.00. The number of thioether (sulfide) groups is 1. The molecule has 0 unspecified atom stereocenters. The molecule has 0 saturated carbocycles. The van der Waals surface area contributed by atoms with Gasteiger partial charge >= 0.3 is 0 Å². The second-order valence-electron chi connectivity index (χ2n) is 9.65. The lowest BCUT2D eigenvalue weighted by Gasteiger charge is -2.33. The summed E-state index contributed by atoms with van der Waals surface area (Å²) < 4.78 is -0.614. The molecule has 3 atom stereocenters. The Hall–Kier alpha value is -3.34. The van der Waals surface area contributed by atoms with Crippen LogP contribution in [0.4, 0.5) is 0 Å². The largest absolute Gasteiger partial charge is 0.508 e. The molecular formula is C28H35N3O6S. The minimum absolute atomic E-state index is 0.0344. The molecule has 3 amide bonds. The molecule has 2 aromatic rings. The molecule has 0 radical (unpaired) electrons. The number of aliphatic hydroxyl groups excluding tert-OH is 2. The summed E-state index contributed by atoms with van der Waals surface area (Å²) in [6.45, 7) is 5.38. The normalized spacial score (nSPS) is 18.2. The van der Waals surface area contributed by atoms with Gasteiger partial charge in [-0.1, -0.05) is 48.6 Å². The van der Waals surface area contributed by atoms with Crippen LogP contribution < -0.4 is 10.6 Å². The quantitative estimate of drug-likeness (QED) is 0.289. The van der Waals surface area contributed by atoms with Gasteiger partial charge in [-0.15, -0.1) is 11.8 Å². The van der Waals surface area contributed by atoms with Gasteiger partial charge in [0.2, 0.25) is 5.91 Å². The standard InChI is InChI=1S/C28H35N3O6S/c1-18-20(12-9-13-22(18)33)25(35)30-21(16-19-10-5-4-6-11-19)23(34)27(37)31-17-38-28(2,3)24(31)26(36)29-14-7-8-15-32/h4-13,21,23-24,32-34H,14-17H2,1-3H3,(H,29,36)(H,30,35)/b8-7-/t21-,23-,24+/m0/s1. The molecule has 1 saturated heterocycles. The van der Waals surface area contributed by atoms with E-state index >= 15 is 0 Å². The van der Waals surface area contributed by atoms with E-state index in [1.165, 1.54) is 28.8 Å². The van der Waals surface area contributed by atoms with Crippen molar-refractivity contribution in [1.82, 2.24) is 15.5 Å². The van der Waals surface area contributed by atoms with E-state index in [1.54, 1.807) is 25.1 Å². The van der Waals surface area contributed by atoms with Crippen molar-refractivity contribution in [3.05, 3.63) is 77.4 Å². The van der Waals surface area contributed by atoms with Crippen LogP contribution in [0.1, 0.15) is 35.3 Å². The van der Waals surface area contributed by atoms with Crippen molar-refractivity contribution in [2.45, 2.75) is 50.1 Å². The van der Waals surface area contributed by atoms with E-state index in [9.17, 15) is 24.6 Å². The third-order valence-corrected chi connectivity index (χ3v) is 7.92. The van der Waals surface area contributed by atoms with Crippen LogP contribution in [0.15, 0.2) is 60.7 Å². The van der Waals surface area contributed by atoms with Crippen LogP contribution in [0.5, 0.6) is 5.75 Å². The Morgan fingerprint density at radius 1 is 1.13 bits per heavy atom. The predicted molar refractivity (Wildman–Crippen MR) is 147 cm³/mol. The second kappa shape index (κ2) is 12.9. The molecule has 5 N–H and O–H groups in total. The highest BCUT2D eigenvalue weighted by Crippen LogP contribution is 2.39. The van der Waals surface area contributed by atoms with Gasteiger partial charge in [0, 0.05) is 22.4 Å². The third kappa shape index (κ3) is 6.94. The Morgan fingerprint density at radius 3 is 2.53 bits per heavy atom. The number of carbonyl (C=O) groups excluding carboxylic acids is 3. The van der Waals surface area contributed by atoms with Gasteiger partial charge < -0.3 is 30.9 Å². The van der Waals surface area contributed by atoms with Crippen molar-refractivity contribution < 1.29 is 29.7 Å². The monoisotopic (exact) mass is 541 g/mol. The van der Waals surface area contributed by atoms with Gasteiger partial charge in [-0.25, -0.2) is 0 Å². The van der Waals surface area contributed by atoms with Gasteiger partial charge in [0.1, 0.15) is 11.8 Å². The van der Waals surface area contributed by atoms with Gasteiger partial charge in [0.25, 0.3) is 11.8 Å². The molecular weight excluding hydrogens is 506 g/mol. The molecule has 0 aromatic heterocycles. The van der Waals surface area contributed by atoms with Crippen LogP contribution in [0.25, 0.3) is 0 Å². The lowest BCUT2D eigenvalue weighted by Crippen LogP contribution is -2.58. The number of nitrogens with one attached hydrogen (secondary N) is 2. The number of hydrogen-bond donors (Lipinski definition) is 5. The molecule has 1 heterocycles. The molecule has 38 heavy (non-hydrogen) atoms. The molecule has 204 valence electrons. The Bertz CT molecular complexity index is 1170. The van der Waals surface area contributed by atoms with Gasteiger partial charge in [-0.2, -0.15) is 0 Å². The maximum absolute atomic E-state index is 13.6. The summed E-state index contributed by atoms with van der Waals surface area (Å²) in [5, 5.41) is 35.8. The number of nitrogens with zero attached hydrogens (tertiary/aromatic N) is 1. The van der Waals surface area contributed by atoms with Crippen LogP contribution in [0.3, 0.4) is 0 Å². The minimum atomic E-state index is -1.63. The zero-order valence-corrected chi connectivity index (χ0v) is 22.6. The molecule has 10 heteroatoms. The Morgan fingerprint density at radius 2 is 1.84 bits per heavy atom. The maximum atomic E-state index is 13.6. The van der Waals surface area contributed by atoms with Gasteiger partial charge in [-0.05, 0) is 44.9 Å². The molecule has 9 nitrogen and oxygen atoms in total. The van der Waals surface area contributed by atoms with Crippen LogP contribution >= 0.6 is 11.8 Å². The molecule has 1 aliphatic heterocycles. The number of aliphatic hydroxyl groups is 2. The topological polar surface area (TPSA) is 139 Å². The Kier molecular flexibility index (Phi) is 9.96. The van der Waals surface area contributed by atoms with E-state index in [1.807, 2.05) is 44.2 Å². The number of hydrogen-bond acceptors (Lipinski definition) is 7. The first-order valence-corrected chi connectivity index (χ1v) is 13.3. The summed E-state index contributed by atoms with van der Waals surface area (Å²) in [5.41, 5.74) is 1.42. The van der Waals surface area contributed by atoms with E-state index in [-0.39, 0.29) is 42.7 Å². The smallest absolute Gasteiger partial charge is 0.254 e. The SMILES string of the molecule is Cc1c(O)cccc1C(=O)N[C@@H](Cc1ccccc1)[C@H](O)C(=O)N1CSC(C)(C)[C@H]1C(=O)NC/C=C\CO. The molecule has 3 rings (SSSR count). The zero-order chi connectivity index (χ0) is 27.9. The lowest BCUT2D eigenvalue weighted by molar-refractivity contribution is -0.147. The summed E-state index contributed by atoms with van der Waals surface area (Å²) in [6, 6.07) is 11.9. The fraction of sp³-hybridized carbons (Fsp3) is 0.393. The van der Waals surface area contributed by atoms with Crippen molar-refractivity contribution in [2.24, 2.45) is 0 Å². The first-order valence-electron chi connectivity index (χ1n) is 12.4. The Labute approximate surface area is 226 Å². The maximum Gasteiger partial charge on any atom is 0.254 e. The van der Waals surface area contributed by atoms with Crippen LogP contribution in [-0.4, -0.2) is 79.9 Å². The van der Waals surface area contributed by atoms with Crippen molar-refractivity contribution in [3.63, 3.8) is 0 Å².